The van der Waals surface area contributed by atoms with E-state index in [9.17, 15) is 4.79 Å². The second kappa shape index (κ2) is 5.21. The lowest BCUT2D eigenvalue weighted by molar-refractivity contribution is 0.0761. The topological polar surface area (TPSA) is 45.2 Å². The Morgan fingerprint density at radius 2 is 2.11 bits per heavy atom. The largest absolute Gasteiger partial charge is 0.338 e. The number of aromatic nitrogens is 1. The number of hydrogen-bond donors (Lipinski definition) is 1. The molecule has 0 aliphatic carbocycles. The lowest BCUT2D eigenvalue weighted by Gasteiger charge is -2.33. The Morgan fingerprint density at radius 1 is 1.32 bits per heavy atom. The van der Waals surface area contributed by atoms with Gasteiger partial charge >= 0.3 is 0 Å². The van der Waals surface area contributed by atoms with Crippen molar-refractivity contribution in [2.75, 3.05) is 26.2 Å². The molecule has 4 nitrogen and oxygen atoms in total. The van der Waals surface area contributed by atoms with Crippen molar-refractivity contribution in [3.05, 3.63) is 28.5 Å². The molecule has 2 aliphatic heterocycles. The van der Waals surface area contributed by atoms with Gasteiger partial charge in [-0.1, -0.05) is 0 Å². The summed E-state index contributed by atoms with van der Waals surface area (Å²) in [6.45, 7) is 3.95. The molecule has 19 heavy (non-hydrogen) atoms. The summed E-state index contributed by atoms with van der Waals surface area (Å²) >= 11 is 3.37. The second-order valence-corrected chi connectivity index (χ2v) is 6.53. The molecule has 1 spiro atoms. The summed E-state index contributed by atoms with van der Waals surface area (Å²) in [7, 11) is 0. The molecular formula is C14H18BrN3O. The van der Waals surface area contributed by atoms with E-state index in [-0.39, 0.29) is 5.91 Å². The van der Waals surface area contributed by atoms with Crippen LogP contribution >= 0.6 is 15.9 Å². The fourth-order valence-electron chi connectivity index (χ4n) is 3.19. The molecule has 3 rings (SSSR count). The van der Waals surface area contributed by atoms with Gasteiger partial charge in [0.05, 0.1) is 5.56 Å². The van der Waals surface area contributed by atoms with Crippen LogP contribution in [0.1, 0.15) is 29.6 Å². The zero-order valence-corrected chi connectivity index (χ0v) is 12.4. The molecule has 2 saturated heterocycles. The first-order chi connectivity index (χ1) is 9.19. The van der Waals surface area contributed by atoms with Crippen LogP contribution in [-0.4, -0.2) is 42.0 Å². The lowest BCUT2D eigenvalue weighted by Crippen LogP contribution is -2.39. The number of nitrogens with zero attached hydrogens (tertiary/aromatic N) is 2. The molecule has 0 atom stereocenters. The first kappa shape index (κ1) is 13.1. The monoisotopic (exact) mass is 323 g/mol. The van der Waals surface area contributed by atoms with Gasteiger partial charge in [0.25, 0.3) is 5.91 Å². The lowest BCUT2D eigenvalue weighted by atomic mass is 9.78. The van der Waals surface area contributed by atoms with Crippen molar-refractivity contribution in [1.29, 1.82) is 0 Å². The number of carbonyl (C=O) groups is 1. The summed E-state index contributed by atoms with van der Waals surface area (Å²) in [4.78, 5) is 18.5. The number of rotatable bonds is 1. The van der Waals surface area contributed by atoms with Crippen molar-refractivity contribution in [2.45, 2.75) is 19.3 Å². The average Bonchev–Trinajstić information content (AvgIpc) is 2.82. The molecule has 2 aliphatic rings. The van der Waals surface area contributed by atoms with Gasteiger partial charge in [0.2, 0.25) is 0 Å². The van der Waals surface area contributed by atoms with Gasteiger partial charge in [0, 0.05) is 30.0 Å². The average molecular weight is 324 g/mol. The minimum atomic E-state index is 0.115. The minimum Gasteiger partial charge on any atom is -0.338 e. The van der Waals surface area contributed by atoms with E-state index in [2.05, 4.69) is 26.2 Å². The third-order valence-corrected chi connectivity index (χ3v) is 4.78. The molecule has 1 aromatic heterocycles. The van der Waals surface area contributed by atoms with Crippen LogP contribution in [-0.2, 0) is 0 Å². The molecule has 1 N–H and O–H groups in total. The van der Waals surface area contributed by atoms with Crippen molar-refractivity contribution < 1.29 is 4.79 Å². The Hall–Kier alpha value is -0.940. The highest BCUT2D eigenvalue weighted by molar-refractivity contribution is 9.10. The molecule has 5 heteroatoms. The molecule has 0 aromatic carbocycles. The molecule has 0 radical (unpaired) electrons. The molecule has 1 amide bonds. The van der Waals surface area contributed by atoms with E-state index >= 15 is 0 Å². The number of nitrogens with one attached hydrogen (secondary N) is 1. The first-order valence-electron chi connectivity index (χ1n) is 6.79. The molecule has 0 unspecified atom stereocenters. The molecule has 102 valence electrons. The fraction of sp³-hybridized carbons (Fsp3) is 0.571. The predicted molar refractivity (Wildman–Crippen MR) is 77.0 cm³/mol. The van der Waals surface area contributed by atoms with Gasteiger partial charge in [-0.25, -0.2) is 0 Å². The Bertz CT molecular complexity index is 485. The molecule has 0 bridgehead atoms. The molecule has 2 fully saturated rings. The van der Waals surface area contributed by atoms with Gasteiger partial charge in [-0.3, -0.25) is 9.78 Å². The molecule has 0 saturated carbocycles. The number of likely N-dealkylation sites (tertiary alicyclic amines) is 1. The third kappa shape index (κ3) is 2.67. The van der Waals surface area contributed by atoms with Crippen LogP contribution in [0.15, 0.2) is 22.9 Å². The van der Waals surface area contributed by atoms with Gasteiger partial charge in [-0.15, -0.1) is 0 Å². The summed E-state index contributed by atoms with van der Waals surface area (Å²) < 4.78 is 0.856. The van der Waals surface area contributed by atoms with Gasteiger partial charge in [0.1, 0.15) is 0 Å². The van der Waals surface area contributed by atoms with Crippen molar-refractivity contribution in [1.82, 2.24) is 15.2 Å². The van der Waals surface area contributed by atoms with E-state index in [0.29, 0.717) is 11.0 Å². The Morgan fingerprint density at radius 3 is 2.84 bits per heavy atom. The standard InChI is InChI=1S/C14H18BrN3O/c15-12-7-11(8-17-9-12)13(19)18-6-3-14(10-18)1-4-16-5-2-14/h7-9,16H,1-6,10H2. The van der Waals surface area contributed by atoms with Crippen molar-refractivity contribution in [3.63, 3.8) is 0 Å². The molecule has 1 aromatic rings. The van der Waals surface area contributed by atoms with Crippen molar-refractivity contribution >= 4 is 21.8 Å². The Labute approximate surface area is 121 Å². The van der Waals surface area contributed by atoms with E-state index in [1.165, 1.54) is 12.8 Å². The molecule has 3 heterocycles. The fourth-order valence-corrected chi connectivity index (χ4v) is 3.55. The van der Waals surface area contributed by atoms with Gasteiger partial charge < -0.3 is 10.2 Å². The summed E-state index contributed by atoms with van der Waals surface area (Å²) in [5.41, 5.74) is 1.04. The maximum atomic E-state index is 12.5. The maximum absolute atomic E-state index is 12.5. The second-order valence-electron chi connectivity index (χ2n) is 5.62. The molecular weight excluding hydrogens is 306 g/mol. The summed E-state index contributed by atoms with van der Waals surface area (Å²) in [6, 6.07) is 1.85. The van der Waals surface area contributed by atoms with Crippen molar-refractivity contribution in [3.8, 4) is 0 Å². The Balaban J connectivity index is 1.72. The van der Waals surface area contributed by atoms with Crippen molar-refractivity contribution in [2.24, 2.45) is 5.41 Å². The van der Waals surface area contributed by atoms with E-state index in [4.69, 9.17) is 0 Å². The minimum absolute atomic E-state index is 0.115. The number of pyridine rings is 1. The summed E-state index contributed by atoms with van der Waals surface area (Å²) in [6.07, 6.45) is 6.87. The predicted octanol–water partition coefficient (Wildman–Crippen LogP) is 2.06. The SMILES string of the molecule is O=C(c1cncc(Br)c1)N1CCC2(CCNCC2)C1. The summed E-state index contributed by atoms with van der Waals surface area (Å²) in [5, 5.41) is 3.40. The van der Waals surface area contributed by atoms with Crippen LogP contribution in [0.4, 0.5) is 0 Å². The zero-order chi connectivity index (χ0) is 13.3. The Kier molecular flexibility index (Phi) is 3.58. The van der Waals surface area contributed by atoms with E-state index in [1.807, 2.05) is 11.0 Å². The van der Waals surface area contributed by atoms with Crippen LogP contribution in [0.25, 0.3) is 0 Å². The number of carbonyl (C=O) groups excluding carboxylic acids is 1. The van der Waals surface area contributed by atoms with Crippen LogP contribution < -0.4 is 5.32 Å². The third-order valence-electron chi connectivity index (χ3n) is 4.34. The number of halogens is 1. The quantitative estimate of drug-likeness (QED) is 0.860. The van der Waals surface area contributed by atoms with Gasteiger partial charge in [0.15, 0.2) is 0 Å². The summed E-state index contributed by atoms with van der Waals surface area (Å²) in [5.74, 6) is 0.115. The van der Waals surface area contributed by atoms with E-state index < -0.39 is 0 Å². The highest BCUT2D eigenvalue weighted by atomic mass is 79.9. The number of hydrogen-bond acceptors (Lipinski definition) is 3. The highest BCUT2D eigenvalue weighted by Crippen LogP contribution is 2.38. The van der Waals surface area contributed by atoms with Crippen LogP contribution in [0, 0.1) is 5.41 Å². The first-order valence-corrected chi connectivity index (χ1v) is 7.58. The van der Waals surface area contributed by atoms with Gasteiger partial charge in [-0.05, 0) is 59.8 Å². The maximum Gasteiger partial charge on any atom is 0.255 e. The van der Waals surface area contributed by atoms with Gasteiger partial charge in [-0.2, -0.15) is 0 Å². The highest BCUT2D eigenvalue weighted by Gasteiger charge is 2.40. The van der Waals surface area contributed by atoms with Crippen LogP contribution in [0.2, 0.25) is 0 Å². The van der Waals surface area contributed by atoms with E-state index in [1.54, 1.807) is 12.4 Å². The number of amides is 1. The van der Waals surface area contributed by atoms with Crippen LogP contribution in [0.5, 0.6) is 0 Å². The van der Waals surface area contributed by atoms with E-state index in [0.717, 1.165) is 37.1 Å². The number of piperidine rings is 1. The normalized spacial score (nSPS) is 21.8. The smallest absolute Gasteiger partial charge is 0.255 e. The van der Waals surface area contributed by atoms with Crippen LogP contribution in [0.3, 0.4) is 0 Å². The zero-order valence-electron chi connectivity index (χ0n) is 10.9.